The van der Waals surface area contributed by atoms with E-state index in [1.807, 2.05) is 0 Å². The lowest BCUT2D eigenvalue weighted by atomic mass is 10.0. The highest BCUT2D eigenvalue weighted by atomic mass is 79.9. The molecule has 1 N–H and O–H groups in total. The van der Waals surface area contributed by atoms with E-state index in [1.54, 1.807) is 0 Å². The van der Waals surface area contributed by atoms with Gasteiger partial charge in [0.15, 0.2) is 0 Å². The van der Waals surface area contributed by atoms with Crippen LogP contribution in [0.15, 0.2) is 18.2 Å². The van der Waals surface area contributed by atoms with Gasteiger partial charge in [0.25, 0.3) is 0 Å². The summed E-state index contributed by atoms with van der Waals surface area (Å²) in [6, 6.07) is 7.03. The molecule has 0 spiro atoms. The highest BCUT2D eigenvalue weighted by Crippen LogP contribution is 2.14. The summed E-state index contributed by atoms with van der Waals surface area (Å²) in [4.78, 5) is 0. The summed E-state index contributed by atoms with van der Waals surface area (Å²) < 4.78 is 0. The second-order valence-electron chi connectivity index (χ2n) is 4.67. The fourth-order valence-corrected chi connectivity index (χ4v) is 2.29. The maximum atomic E-state index is 3.60. The van der Waals surface area contributed by atoms with Gasteiger partial charge in [0, 0.05) is 17.9 Å². The topological polar surface area (TPSA) is 12.0 Å². The van der Waals surface area contributed by atoms with Gasteiger partial charge < -0.3 is 5.32 Å². The Bertz CT molecular complexity index is 315. The molecule has 2 heteroatoms. The number of halogens is 1. The third kappa shape index (κ3) is 3.60. The molecule has 0 fully saturated rings. The van der Waals surface area contributed by atoms with Gasteiger partial charge in [-0.3, -0.25) is 0 Å². The first-order chi connectivity index (χ1) is 7.56. The molecule has 0 saturated carbocycles. The third-order valence-corrected chi connectivity index (χ3v) is 4.36. The van der Waals surface area contributed by atoms with Gasteiger partial charge in [-0.2, -0.15) is 0 Å². The van der Waals surface area contributed by atoms with E-state index >= 15 is 0 Å². The van der Waals surface area contributed by atoms with Crippen molar-refractivity contribution in [1.82, 2.24) is 5.32 Å². The zero-order chi connectivity index (χ0) is 12.1. The second kappa shape index (κ2) is 6.41. The monoisotopic (exact) mass is 283 g/mol. The van der Waals surface area contributed by atoms with Gasteiger partial charge in [0.2, 0.25) is 0 Å². The lowest BCUT2D eigenvalue weighted by Gasteiger charge is -2.20. The average Bonchev–Trinajstić information content (AvgIpc) is 2.27. The van der Waals surface area contributed by atoms with Crippen LogP contribution in [-0.2, 0) is 6.54 Å². The molecular weight excluding hydrogens is 262 g/mol. The standard InChI is InChI=1S/C14H22BrN/c1-10-6-5-7-11(2)14(10)9-16-13(4)12(3)8-15/h5-7,12-13,16H,8-9H2,1-4H3. The number of rotatable bonds is 5. The molecule has 0 aromatic heterocycles. The van der Waals surface area contributed by atoms with E-state index < -0.39 is 0 Å². The zero-order valence-corrected chi connectivity index (χ0v) is 12.3. The summed E-state index contributed by atoms with van der Waals surface area (Å²) in [6.45, 7) is 9.85. The molecule has 16 heavy (non-hydrogen) atoms. The largest absolute Gasteiger partial charge is 0.310 e. The molecule has 1 aromatic carbocycles. The molecule has 0 bridgehead atoms. The third-order valence-electron chi connectivity index (χ3n) is 3.34. The van der Waals surface area contributed by atoms with Crippen molar-refractivity contribution in [3.63, 3.8) is 0 Å². The average molecular weight is 284 g/mol. The van der Waals surface area contributed by atoms with Crippen molar-refractivity contribution in [2.24, 2.45) is 5.92 Å². The molecule has 0 aliphatic rings. The van der Waals surface area contributed by atoms with E-state index in [2.05, 4.69) is 67.1 Å². The Morgan fingerprint density at radius 3 is 2.25 bits per heavy atom. The highest BCUT2D eigenvalue weighted by molar-refractivity contribution is 9.09. The predicted molar refractivity (Wildman–Crippen MR) is 75.2 cm³/mol. The van der Waals surface area contributed by atoms with Crippen molar-refractivity contribution in [1.29, 1.82) is 0 Å². The van der Waals surface area contributed by atoms with Crippen LogP contribution in [0, 0.1) is 19.8 Å². The van der Waals surface area contributed by atoms with Crippen LogP contribution in [0.2, 0.25) is 0 Å². The Labute approximate surface area is 108 Å². The maximum Gasteiger partial charge on any atom is 0.0213 e. The van der Waals surface area contributed by atoms with Gasteiger partial charge >= 0.3 is 0 Å². The molecule has 0 aliphatic carbocycles. The number of alkyl halides is 1. The first-order valence-electron chi connectivity index (χ1n) is 5.90. The van der Waals surface area contributed by atoms with Gasteiger partial charge in [-0.15, -0.1) is 0 Å². The van der Waals surface area contributed by atoms with E-state index in [1.165, 1.54) is 16.7 Å². The van der Waals surface area contributed by atoms with Gasteiger partial charge in [-0.25, -0.2) is 0 Å². The smallest absolute Gasteiger partial charge is 0.0213 e. The lowest BCUT2D eigenvalue weighted by Crippen LogP contribution is -2.32. The SMILES string of the molecule is Cc1cccc(C)c1CNC(C)C(C)CBr. The fraction of sp³-hybridized carbons (Fsp3) is 0.571. The van der Waals surface area contributed by atoms with Crippen molar-refractivity contribution in [2.45, 2.75) is 40.3 Å². The van der Waals surface area contributed by atoms with Crippen LogP contribution in [0.3, 0.4) is 0 Å². The summed E-state index contributed by atoms with van der Waals surface area (Å²) >= 11 is 3.53. The summed E-state index contributed by atoms with van der Waals surface area (Å²) in [5.41, 5.74) is 4.20. The maximum absolute atomic E-state index is 3.60. The van der Waals surface area contributed by atoms with Crippen LogP contribution in [0.25, 0.3) is 0 Å². The number of hydrogen-bond donors (Lipinski definition) is 1. The summed E-state index contributed by atoms with van der Waals surface area (Å²) in [5.74, 6) is 0.657. The molecule has 1 nitrogen and oxygen atoms in total. The molecule has 0 aliphatic heterocycles. The van der Waals surface area contributed by atoms with E-state index in [4.69, 9.17) is 0 Å². The summed E-state index contributed by atoms with van der Waals surface area (Å²) in [6.07, 6.45) is 0. The quantitative estimate of drug-likeness (QED) is 0.811. The Balaban J connectivity index is 2.61. The molecule has 0 saturated heterocycles. The molecule has 0 amide bonds. The van der Waals surface area contributed by atoms with Gasteiger partial charge in [-0.1, -0.05) is 41.1 Å². The molecule has 0 heterocycles. The predicted octanol–water partition coefficient (Wildman–Crippen LogP) is 3.81. The molecule has 1 aromatic rings. The Hall–Kier alpha value is -0.340. The van der Waals surface area contributed by atoms with E-state index in [9.17, 15) is 0 Å². The molecule has 2 unspecified atom stereocenters. The first kappa shape index (κ1) is 13.7. The minimum Gasteiger partial charge on any atom is -0.310 e. The lowest BCUT2D eigenvalue weighted by molar-refractivity contribution is 0.432. The van der Waals surface area contributed by atoms with E-state index in [0.29, 0.717) is 12.0 Å². The molecule has 90 valence electrons. The van der Waals surface area contributed by atoms with Gasteiger partial charge in [0.1, 0.15) is 0 Å². The normalized spacial score (nSPS) is 14.8. The summed E-state index contributed by atoms with van der Waals surface area (Å²) in [7, 11) is 0. The van der Waals surface area contributed by atoms with E-state index in [0.717, 1.165) is 11.9 Å². The first-order valence-corrected chi connectivity index (χ1v) is 7.02. The van der Waals surface area contributed by atoms with Crippen LogP contribution in [0.1, 0.15) is 30.5 Å². The van der Waals surface area contributed by atoms with Gasteiger partial charge in [-0.05, 0) is 43.4 Å². The van der Waals surface area contributed by atoms with Crippen molar-refractivity contribution in [3.8, 4) is 0 Å². The molecule has 0 radical (unpaired) electrons. The number of nitrogens with one attached hydrogen (secondary N) is 1. The molecule has 1 rings (SSSR count). The van der Waals surface area contributed by atoms with Crippen LogP contribution in [-0.4, -0.2) is 11.4 Å². The Morgan fingerprint density at radius 2 is 1.75 bits per heavy atom. The van der Waals surface area contributed by atoms with Crippen LogP contribution in [0.4, 0.5) is 0 Å². The van der Waals surface area contributed by atoms with Crippen LogP contribution >= 0.6 is 15.9 Å². The number of aryl methyl sites for hydroxylation is 2. The fourth-order valence-electron chi connectivity index (χ4n) is 1.73. The minimum absolute atomic E-state index is 0.540. The Kier molecular flexibility index (Phi) is 5.50. The molecule has 2 atom stereocenters. The zero-order valence-electron chi connectivity index (χ0n) is 10.7. The second-order valence-corrected chi connectivity index (χ2v) is 5.32. The van der Waals surface area contributed by atoms with Crippen LogP contribution in [0.5, 0.6) is 0 Å². The minimum atomic E-state index is 0.540. The summed E-state index contributed by atoms with van der Waals surface area (Å²) in [5, 5.41) is 4.65. The number of hydrogen-bond acceptors (Lipinski definition) is 1. The van der Waals surface area contributed by atoms with Crippen molar-refractivity contribution in [3.05, 3.63) is 34.9 Å². The van der Waals surface area contributed by atoms with Gasteiger partial charge in [0.05, 0.1) is 0 Å². The molecular formula is C14H22BrN. The number of benzene rings is 1. The Morgan fingerprint density at radius 1 is 1.19 bits per heavy atom. The van der Waals surface area contributed by atoms with E-state index in [-0.39, 0.29) is 0 Å². The van der Waals surface area contributed by atoms with Crippen LogP contribution < -0.4 is 5.32 Å². The highest BCUT2D eigenvalue weighted by Gasteiger charge is 2.11. The van der Waals surface area contributed by atoms with Crippen molar-refractivity contribution >= 4 is 15.9 Å². The van der Waals surface area contributed by atoms with Crippen molar-refractivity contribution < 1.29 is 0 Å². The van der Waals surface area contributed by atoms with Crippen molar-refractivity contribution in [2.75, 3.05) is 5.33 Å².